The minimum Gasteiger partial charge on any atom is -0.496 e. The van der Waals surface area contributed by atoms with Crippen molar-refractivity contribution in [1.82, 2.24) is 15.0 Å². The molecule has 4 aromatic rings. The number of rotatable bonds is 6. The lowest BCUT2D eigenvalue weighted by Gasteiger charge is -2.09. The first kappa shape index (κ1) is 18.4. The molecule has 29 heavy (non-hydrogen) atoms. The maximum atomic E-state index is 12.4. The number of aromatic nitrogens is 3. The number of oxazole rings is 1. The van der Waals surface area contributed by atoms with Crippen LogP contribution in [-0.4, -0.2) is 35.1 Å². The number of methoxy groups -OCH3 is 2. The summed E-state index contributed by atoms with van der Waals surface area (Å²) >= 11 is 0. The van der Waals surface area contributed by atoms with Gasteiger partial charge in [-0.2, -0.15) is 4.98 Å². The number of ether oxygens (including phenoxy) is 3. The van der Waals surface area contributed by atoms with E-state index in [4.69, 9.17) is 18.6 Å². The van der Waals surface area contributed by atoms with Gasteiger partial charge in [0.25, 0.3) is 0 Å². The van der Waals surface area contributed by atoms with E-state index in [1.807, 2.05) is 0 Å². The molecule has 8 heteroatoms. The topological polar surface area (TPSA) is 96.6 Å². The Balaban J connectivity index is 1.51. The molecule has 3 aromatic heterocycles. The Morgan fingerprint density at radius 2 is 1.72 bits per heavy atom. The third-order valence-electron chi connectivity index (χ3n) is 4.11. The first-order chi connectivity index (χ1) is 14.1. The molecular formula is C21H17N3O5. The Morgan fingerprint density at radius 3 is 2.45 bits per heavy atom. The van der Waals surface area contributed by atoms with Gasteiger partial charge in [-0.1, -0.05) is 0 Å². The van der Waals surface area contributed by atoms with Gasteiger partial charge in [-0.15, -0.1) is 0 Å². The summed E-state index contributed by atoms with van der Waals surface area (Å²) in [5, 5.41) is 0. The molecule has 0 saturated heterocycles. The van der Waals surface area contributed by atoms with Gasteiger partial charge in [-0.3, -0.25) is 9.78 Å². The van der Waals surface area contributed by atoms with Crippen LogP contribution in [0.25, 0.3) is 22.7 Å². The fraction of sp³-hybridized carbons (Fsp3) is 0.143. The molecule has 0 aliphatic rings. The smallest absolute Gasteiger partial charge is 0.317 e. The fourth-order valence-corrected chi connectivity index (χ4v) is 2.76. The molecule has 0 atom stereocenters. The highest BCUT2D eigenvalue weighted by Crippen LogP contribution is 2.28. The van der Waals surface area contributed by atoms with Crippen molar-refractivity contribution in [1.29, 1.82) is 0 Å². The fourth-order valence-electron chi connectivity index (χ4n) is 2.76. The lowest BCUT2D eigenvalue weighted by atomic mass is 10.2. The van der Waals surface area contributed by atoms with Crippen molar-refractivity contribution in [3.05, 3.63) is 60.6 Å². The minimum atomic E-state index is -0.468. The molecule has 0 unspecified atom stereocenters. The number of hydrogen-bond acceptors (Lipinski definition) is 8. The Kier molecular flexibility index (Phi) is 5.07. The third kappa shape index (κ3) is 4.16. The van der Waals surface area contributed by atoms with Crippen LogP contribution in [0.4, 0.5) is 0 Å². The maximum absolute atomic E-state index is 12.4. The van der Waals surface area contributed by atoms with Crippen molar-refractivity contribution in [2.75, 3.05) is 14.2 Å². The van der Waals surface area contributed by atoms with Crippen LogP contribution in [0.5, 0.6) is 17.2 Å². The molecule has 1 aromatic carbocycles. The number of nitrogens with zero attached hydrogens (tertiary/aromatic N) is 3. The van der Waals surface area contributed by atoms with E-state index < -0.39 is 5.97 Å². The summed E-state index contributed by atoms with van der Waals surface area (Å²) in [5.74, 6) is 1.32. The monoisotopic (exact) mass is 391 g/mol. The summed E-state index contributed by atoms with van der Waals surface area (Å²) < 4.78 is 21.5. The zero-order valence-corrected chi connectivity index (χ0v) is 15.8. The first-order valence-corrected chi connectivity index (χ1v) is 8.75. The Labute approximate surface area is 166 Å². The summed E-state index contributed by atoms with van der Waals surface area (Å²) in [5.41, 5.74) is 2.33. The van der Waals surface area contributed by atoms with Crippen molar-refractivity contribution < 1.29 is 23.4 Å². The second kappa shape index (κ2) is 7.97. The standard InChI is InChI=1S/C21H17N3O5/c1-26-15-10-16(27-2)12-17(11-15)28-19(25)9-14-8-13(5-7-22-14)21-24-20-18(29-21)4-3-6-23-20/h3-8,10-12H,9H2,1-2H3. The van der Waals surface area contributed by atoms with E-state index in [-0.39, 0.29) is 6.42 Å². The molecule has 0 amide bonds. The molecule has 0 bridgehead atoms. The zero-order chi connectivity index (χ0) is 20.2. The van der Waals surface area contributed by atoms with Gasteiger partial charge in [-0.05, 0) is 24.3 Å². The van der Waals surface area contributed by atoms with Gasteiger partial charge in [0, 0.05) is 36.2 Å². The predicted molar refractivity (Wildman–Crippen MR) is 104 cm³/mol. The molecule has 0 spiro atoms. The maximum Gasteiger partial charge on any atom is 0.317 e. The number of carbonyl (C=O) groups excluding carboxylic acids is 1. The van der Waals surface area contributed by atoms with Crippen LogP contribution >= 0.6 is 0 Å². The Hall–Kier alpha value is -3.94. The van der Waals surface area contributed by atoms with E-state index in [2.05, 4.69) is 15.0 Å². The molecule has 0 aliphatic heterocycles. The van der Waals surface area contributed by atoms with Crippen LogP contribution in [0.2, 0.25) is 0 Å². The average Bonchev–Trinajstić information content (AvgIpc) is 3.18. The van der Waals surface area contributed by atoms with E-state index in [0.717, 1.165) is 0 Å². The number of benzene rings is 1. The van der Waals surface area contributed by atoms with Gasteiger partial charge < -0.3 is 18.6 Å². The van der Waals surface area contributed by atoms with Crippen molar-refractivity contribution >= 4 is 17.2 Å². The minimum absolute atomic E-state index is 0.0220. The normalized spacial score (nSPS) is 10.7. The van der Waals surface area contributed by atoms with Crippen LogP contribution in [-0.2, 0) is 11.2 Å². The summed E-state index contributed by atoms with van der Waals surface area (Å²) in [4.78, 5) is 25.1. The zero-order valence-electron chi connectivity index (χ0n) is 15.8. The van der Waals surface area contributed by atoms with Crippen LogP contribution in [0.1, 0.15) is 5.69 Å². The molecule has 146 valence electrons. The van der Waals surface area contributed by atoms with Crippen LogP contribution in [0, 0.1) is 0 Å². The molecule has 3 heterocycles. The summed E-state index contributed by atoms with van der Waals surface area (Å²) in [6.45, 7) is 0. The van der Waals surface area contributed by atoms with Gasteiger partial charge in [0.05, 0.1) is 26.3 Å². The van der Waals surface area contributed by atoms with Crippen LogP contribution in [0.15, 0.2) is 59.3 Å². The third-order valence-corrected chi connectivity index (χ3v) is 4.11. The van der Waals surface area contributed by atoms with Gasteiger partial charge in [0.2, 0.25) is 5.89 Å². The van der Waals surface area contributed by atoms with E-state index in [0.29, 0.717) is 45.6 Å². The molecule has 8 nitrogen and oxygen atoms in total. The van der Waals surface area contributed by atoms with Crippen molar-refractivity contribution in [3.8, 4) is 28.7 Å². The quantitative estimate of drug-likeness (QED) is 0.364. The molecule has 0 fully saturated rings. The lowest BCUT2D eigenvalue weighted by molar-refractivity contribution is -0.133. The SMILES string of the molecule is COc1cc(OC)cc(OC(=O)Cc2cc(-c3nc4ncccc4o3)ccn2)c1. The molecule has 0 aliphatic carbocycles. The van der Waals surface area contributed by atoms with Crippen molar-refractivity contribution in [2.24, 2.45) is 0 Å². The van der Waals surface area contributed by atoms with Crippen molar-refractivity contribution in [3.63, 3.8) is 0 Å². The molecule has 0 N–H and O–H groups in total. The summed E-state index contributed by atoms with van der Waals surface area (Å²) in [6.07, 6.45) is 3.22. The summed E-state index contributed by atoms with van der Waals surface area (Å²) in [7, 11) is 3.05. The number of fused-ring (bicyclic) bond motifs is 1. The van der Waals surface area contributed by atoms with Gasteiger partial charge in [0.15, 0.2) is 11.2 Å². The largest absolute Gasteiger partial charge is 0.496 e. The summed E-state index contributed by atoms with van der Waals surface area (Å²) in [6, 6.07) is 12.0. The second-order valence-electron chi connectivity index (χ2n) is 6.08. The Bertz CT molecular complexity index is 1120. The first-order valence-electron chi connectivity index (χ1n) is 8.75. The van der Waals surface area contributed by atoms with Gasteiger partial charge in [-0.25, -0.2) is 4.98 Å². The molecule has 4 rings (SSSR count). The second-order valence-corrected chi connectivity index (χ2v) is 6.08. The van der Waals surface area contributed by atoms with Crippen molar-refractivity contribution in [2.45, 2.75) is 6.42 Å². The van der Waals surface area contributed by atoms with E-state index in [9.17, 15) is 4.79 Å². The predicted octanol–water partition coefficient (Wildman–Crippen LogP) is 3.45. The van der Waals surface area contributed by atoms with E-state index in [1.165, 1.54) is 14.2 Å². The Morgan fingerprint density at radius 1 is 0.966 bits per heavy atom. The molecule has 0 saturated carbocycles. The van der Waals surface area contributed by atoms with E-state index >= 15 is 0 Å². The van der Waals surface area contributed by atoms with Crippen LogP contribution < -0.4 is 14.2 Å². The van der Waals surface area contributed by atoms with E-state index in [1.54, 1.807) is 54.9 Å². The average molecular weight is 391 g/mol. The molecular weight excluding hydrogens is 374 g/mol. The number of carbonyl (C=O) groups is 1. The molecule has 0 radical (unpaired) electrons. The van der Waals surface area contributed by atoms with Crippen LogP contribution in [0.3, 0.4) is 0 Å². The number of esters is 1. The highest BCUT2D eigenvalue weighted by molar-refractivity contribution is 5.76. The highest BCUT2D eigenvalue weighted by atomic mass is 16.5. The highest BCUT2D eigenvalue weighted by Gasteiger charge is 2.13. The lowest BCUT2D eigenvalue weighted by Crippen LogP contribution is -2.12. The number of pyridine rings is 2. The van der Waals surface area contributed by atoms with Gasteiger partial charge in [0.1, 0.15) is 17.2 Å². The van der Waals surface area contributed by atoms with Gasteiger partial charge >= 0.3 is 5.97 Å². The number of hydrogen-bond donors (Lipinski definition) is 0.